The van der Waals surface area contributed by atoms with Gasteiger partial charge < -0.3 is 9.15 Å². The van der Waals surface area contributed by atoms with Gasteiger partial charge in [-0.2, -0.15) is 10.5 Å². The van der Waals surface area contributed by atoms with E-state index >= 15 is 0 Å². The largest absolute Gasteiger partial charge is 0.442 e. The number of rotatable bonds is 2. The van der Waals surface area contributed by atoms with Gasteiger partial charge >= 0.3 is 0 Å². The van der Waals surface area contributed by atoms with Crippen LogP contribution in [0.15, 0.2) is 41.1 Å². The van der Waals surface area contributed by atoms with Gasteiger partial charge in [0.15, 0.2) is 5.75 Å². The maximum Gasteiger partial charge on any atom is 0.256 e. The van der Waals surface area contributed by atoms with Crippen LogP contribution in [0.5, 0.6) is 11.6 Å². The molecule has 3 aromatic rings. The third-order valence-electron chi connectivity index (χ3n) is 2.62. The van der Waals surface area contributed by atoms with Crippen molar-refractivity contribution in [2.24, 2.45) is 0 Å². The van der Waals surface area contributed by atoms with Gasteiger partial charge in [0.25, 0.3) is 5.88 Å². The van der Waals surface area contributed by atoms with Crippen molar-refractivity contribution < 1.29 is 9.15 Å². The van der Waals surface area contributed by atoms with Gasteiger partial charge in [0, 0.05) is 12.4 Å². The van der Waals surface area contributed by atoms with E-state index in [1.807, 2.05) is 12.1 Å². The van der Waals surface area contributed by atoms with E-state index in [1.54, 1.807) is 24.3 Å². The van der Waals surface area contributed by atoms with Crippen LogP contribution < -0.4 is 4.74 Å². The first kappa shape index (κ1) is 11.7. The lowest BCUT2D eigenvalue weighted by Crippen LogP contribution is -1.94. The topological polar surface area (TPSA) is 95.7 Å². The summed E-state index contributed by atoms with van der Waals surface area (Å²) in [5.41, 5.74) is 0.572. The van der Waals surface area contributed by atoms with Crippen molar-refractivity contribution in [3.63, 3.8) is 0 Å². The Labute approximate surface area is 113 Å². The number of nitriles is 2. The van der Waals surface area contributed by atoms with Crippen molar-refractivity contribution in [3.05, 3.63) is 48.1 Å². The van der Waals surface area contributed by atoms with Gasteiger partial charge in [0.05, 0.1) is 5.39 Å². The van der Waals surface area contributed by atoms with Crippen molar-refractivity contribution in [2.75, 3.05) is 0 Å². The molecule has 0 saturated carbocycles. The zero-order chi connectivity index (χ0) is 13.9. The molecule has 0 saturated heterocycles. The third-order valence-corrected chi connectivity index (χ3v) is 2.62. The Morgan fingerprint density at radius 2 is 1.85 bits per heavy atom. The summed E-state index contributed by atoms with van der Waals surface area (Å²) >= 11 is 0. The second kappa shape index (κ2) is 4.71. The summed E-state index contributed by atoms with van der Waals surface area (Å²) in [6.07, 6.45) is 2.80. The minimum absolute atomic E-state index is 0.0285. The highest BCUT2D eigenvalue weighted by molar-refractivity contribution is 5.86. The molecule has 2 aromatic heterocycles. The summed E-state index contributed by atoms with van der Waals surface area (Å²) in [6.45, 7) is 0. The predicted molar refractivity (Wildman–Crippen MR) is 67.8 cm³/mol. The standard InChI is InChI=1S/C14H6N4O2/c15-7-10-14(18-6-5-17-10)20-13-9-3-1-2-4-11(9)19-12(13)8-16/h1-6H. The molecule has 3 rings (SSSR count). The van der Waals surface area contributed by atoms with Gasteiger partial charge in [-0.15, -0.1) is 0 Å². The van der Waals surface area contributed by atoms with E-state index in [0.717, 1.165) is 0 Å². The fraction of sp³-hybridized carbons (Fsp3) is 0. The molecular weight excluding hydrogens is 256 g/mol. The van der Waals surface area contributed by atoms with Gasteiger partial charge in [0.2, 0.25) is 11.5 Å². The molecule has 0 radical (unpaired) electrons. The number of aromatic nitrogens is 2. The van der Waals surface area contributed by atoms with Crippen LogP contribution in [0.4, 0.5) is 0 Å². The number of benzene rings is 1. The fourth-order valence-electron chi connectivity index (χ4n) is 1.77. The molecule has 20 heavy (non-hydrogen) atoms. The highest BCUT2D eigenvalue weighted by atomic mass is 16.5. The fourth-order valence-corrected chi connectivity index (χ4v) is 1.77. The zero-order valence-corrected chi connectivity index (χ0v) is 10.1. The minimum atomic E-state index is 0.0285. The number of hydrogen-bond donors (Lipinski definition) is 0. The molecule has 1 aromatic carbocycles. The Morgan fingerprint density at radius 1 is 1.05 bits per heavy atom. The van der Waals surface area contributed by atoms with E-state index in [2.05, 4.69) is 9.97 Å². The van der Waals surface area contributed by atoms with E-state index in [0.29, 0.717) is 11.0 Å². The van der Waals surface area contributed by atoms with Crippen molar-refractivity contribution in [1.29, 1.82) is 10.5 Å². The SMILES string of the molecule is N#Cc1nccnc1Oc1c(C#N)oc2ccccc12. The first-order chi connectivity index (χ1) is 9.83. The van der Waals surface area contributed by atoms with Gasteiger partial charge in [-0.1, -0.05) is 12.1 Å². The Morgan fingerprint density at radius 3 is 2.65 bits per heavy atom. The second-order valence-electron chi connectivity index (χ2n) is 3.79. The van der Waals surface area contributed by atoms with Gasteiger partial charge in [-0.05, 0) is 12.1 Å². The van der Waals surface area contributed by atoms with Crippen LogP contribution in [-0.2, 0) is 0 Å². The monoisotopic (exact) mass is 262 g/mol. The molecule has 0 amide bonds. The molecule has 6 heteroatoms. The molecule has 0 bridgehead atoms. The number of fused-ring (bicyclic) bond motifs is 1. The maximum absolute atomic E-state index is 9.10. The van der Waals surface area contributed by atoms with E-state index in [-0.39, 0.29) is 23.1 Å². The highest BCUT2D eigenvalue weighted by Crippen LogP contribution is 2.35. The van der Waals surface area contributed by atoms with Crippen LogP contribution in [0.1, 0.15) is 11.5 Å². The third kappa shape index (κ3) is 1.82. The van der Waals surface area contributed by atoms with Gasteiger partial charge in [0.1, 0.15) is 17.7 Å². The molecule has 0 aliphatic rings. The van der Waals surface area contributed by atoms with E-state index < -0.39 is 0 Å². The summed E-state index contributed by atoms with van der Waals surface area (Å²) in [4.78, 5) is 7.80. The summed E-state index contributed by atoms with van der Waals surface area (Å²) in [6, 6.07) is 10.9. The van der Waals surface area contributed by atoms with E-state index in [9.17, 15) is 0 Å². The minimum Gasteiger partial charge on any atom is -0.442 e. The number of para-hydroxylation sites is 1. The van der Waals surface area contributed by atoms with Gasteiger partial charge in [-0.25, -0.2) is 9.97 Å². The van der Waals surface area contributed by atoms with E-state index in [4.69, 9.17) is 19.7 Å². The summed E-state index contributed by atoms with van der Waals surface area (Å²) in [7, 11) is 0. The van der Waals surface area contributed by atoms with Crippen LogP contribution in [-0.4, -0.2) is 9.97 Å². The Kier molecular flexibility index (Phi) is 2.76. The smallest absolute Gasteiger partial charge is 0.256 e. The normalized spacial score (nSPS) is 9.90. The number of ether oxygens (including phenoxy) is 1. The predicted octanol–water partition coefficient (Wildman–Crippen LogP) is 2.76. The van der Waals surface area contributed by atoms with Crippen LogP contribution in [0.2, 0.25) is 0 Å². The maximum atomic E-state index is 9.10. The lowest BCUT2D eigenvalue weighted by atomic mass is 10.2. The van der Waals surface area contributed by atoms with Crippen molar-refractivity contribution >= 4 is 11.0 Å². The lowest BCUT2D eigenvalue weighted by molar-refractivity contribution is 0.446. The molecule has 0 spiro atoms. The summed E-state index contributed by atoms with van der Waals surface area (Å²) in [5, 5.41) is 18.7. The van der Waals surface area contributed by atoms with E-state index in [1.165, 1.54) is 12.4 Å². The molecule has 0 fully saturated rings. The molecule has 0 aliphatic heterocycles. The molecule has 2 heterocycles. The average Bonchev–Trinajstić information content (AvgIpc) is 2.86. The Hall–Kier alpha value is -3.38. The van der Waals surface area contributed by atoms with Crippen molar-refractivity contribution in [1.82, 2.24) is 9.97 Å². The molecule has 94 valence electrons. The quantitative estimate of drug-likeness (QED) is 0.704. The highest BCUT2D eigenvalue weighted by Gasteiger charge is 2.18. The van der Waals surface area contributed by atoms with Crippen molar-refractivity contribution in [2.45, 2.75) is 0 Å². The van der Waals surface area contributed by atoms with Crippen LogP contribution >= 0.6 is 0 Å². The van der Waals surface area contributed by atoms with Gasteiger partial charge in [-0.3, -0.25) is 0 Å². The number of furan rings is 1. The Balaban J connectivity index is 2.16. The molecular formula is C14H6N4O2. The van der Waals surface area contributed by atoms with Crippen LogP contribution in [0, 0.1) is 22.7 Å². The first-order valence-corrected chi connectivity index (χ1v) is 5.64. The molecule has 0 unspecified atom stereocenters. The van der Waals surface area contributed by atoms with Crippen LogP contribution in [0.25, 0.3) is 11.0 Å². The molecule has 0 atom stereocenters. The lowest BCUT2D eigenvalue weighted by Gasteiger charge is -2.03. The molecule has 6 nitrogen and oxygen atoms in total. The van der Waals surface area contributed by atoms with Crippen LogP contribution in [0.3, 0.4) is 0 Å². The Bertz CT molecular complexity index is 871. The van der Waals surface area contributed by atoms with Crippen molar-refractivity contribution in [3.8, 4) is 23.8 Å². The first-order valence-electron chi connectivity index (χ1n) is 5.64. The summed E-state index contributed by atoms with van der Waals surface area (Å²) in [5.74, 6) is 0.305. The number of hydrogen-bond acceptors (Lipinski definition) is 6. The molecule has 0 aliphatic carbocycles. The molecule has 0 N–H and O–H groups in total. The summed E-state index contributed by atoms with van der Waals surface area (Å²) < 4.78 is 10.9. The number of nitrogens with zero attached hydrogens (tertiary/aromatic N) is 4. The average molecular weight is 262 g/mol. The second-order valence-corrected chi connectivity index (χ2v) is 3.79. The zero-order valence-electron chi connectivity index (χ0n) is 10.1.